The smallest absolute Gasteiger partial charge is 0.229 e. The molecule has 2 rings (SSSR count). The lowest BCUT2D eigenvalue weighted by molar-refractivity contribution is 0.0322. The molecule has 1 aromatic rings. The van der Waals surface area contributed by atoms with Crippen LogP contribution in [0.3, 0.4) is 0 Å². The standard InChI is InChI=1S/C12H21N3O3/c1-9(16-2)12-14-11(18-15-12)5-8-17-10-3-6-13-7-4-10/h9-10,13H,3-8H2,1-2H3. The predicted octanol–water partition coefficient (Wildman–Crippen LogP) is 1.09. The van der Waals surface area contributed by atoms with Gasteiger partial charge in [-0.3, -0.25) is 0 Å². The van der Waals surface area contributed by atoms with E-state index in [0.29, 0.717) is 30.8 Å². The second-order valence-corrected chi connectivity index (χ2v) is 4.49. The second kappa shape index (κ2) is 6.82. The highest BCUT2D eigenvalue weighted by atomic mass is 16.5. The van der Waals surface area contributed by atoms with E-state index in [1.807, 2.05) is 6.92 Å². The summed E-state index contributed by atoms with van der Waals surface area (Å²) in [4.78, 5) is 4.27. The Morgan fingerprint density at radius 3 is 2.94 bits per heavy atom. The Morgan fingerprint density at radius 1 is 1.44 bits per heavy atom. The van der Waals surface area contributed by atoms with Crippen molar-refractivity contribution in [2.75, 3.05) is 26.8 Å². The quantitative estimate of drug-likeness (QED) is 0.820. The minimum absolute atomic E-state index is 0.132. The topological polar surface area (TPSA) is 69.4 Å². The molecular formula is C12H21N3O3. The number of nitrogens with zero attached hydrogens (tertiary/aromatic N) is 2. The molecule has 1 aliphatic heterocycles. The van der Waals surface area contributed by atoms with Crippen molar-refractivity contribution < 1.29 is 14.0 Å². The fourth-order valence-corrected chi connectivity index (χ4v) is 1.92. The third kappa shape index (κ3) is 3.76. The summed E-state index contributed by atoms with van der Waals surface area (Å²) in [6, 6.07) is 0. The molecule has 0 amide bonds. The molecule has 102 valence electrons. The zero-order chi connectivity index (χ0) is 12.8. The molecule has 0 aliphatic carbocycles. The molecule has 1 N–H and O–H groups in total. The van der Waals surface area contributed by atoms with Gasteiger partial charge in [-0.25, -0.2) is 0 Å². The van der Waals surface area contributed by atoms with Gasteiger partial charge >= 0.3 is 0 Å². The molecule has 2 heterocycles. The SMILES string of the molecule is COC(C)c1noc(CCOC2CCNCC2)n1. The average molecular weight is 255 g/mol. The summed E-state index contributed by atoms with van der Waals surface area (Å²) in [7, 11) is 1.63. The Hall–Kier alpha value is -0.980. The molecule has 0 spiro atoms. The van der Waals surface area contributed by atoms with E-state index in [0.717, 1.165) is 25.9 Å². The van der Waals surface area contributed by atoms with Crippen LogP contribution in [0.1, 0.15) is 37.6 Å². The van der Waals surface area contributed by atoms with Gasteiger partial charge in [-0.2, -0.15) is 4.98 Å². The Labute approximate surface area is 107 Å². The summed E-state index contributed by atoms with van der Waals surface area (Å²) in [6.07, 6.45) is 3.05. The van der Waals surface area contributed by atoms with Gasteiger partial charge in [-0.15, -0.1) is 0 Å². The van der Waals surface area contributed by atoms with Crippen molar-refractivity contribution >= 4 is 0 Å². The van der Waals surface area contributed by atoms with Gasteiger partial charge in [0.1, 0.15) is 6.10 Å². The Balaban J connectivity index is 1.71. The third-order valence-electron chi connectivity index (χ3n) is 3.16. The van der Waals surface area contributed by atoms with Crippen LogP contribution in [-0.2, 0) is 15.9 Å². The van der Waals surface area contributed by atoms with Crippen molar-refractivity contribution in [3.8, 4) is 0 Å². The van der Waals surface area contributed by atoms with Gasteiger partial charge in [0.05, 0.1) is 19.1 Å². The maximum atomic E-state index is 5.78. The number of ether oxygens (including phenoxy) is 2. The molecule has 1 atom stereocenters. The van der Waals surface area contributed by atoms with Crippen LogP contribution in [0, 0.1) is 0 Å². The van der Waals surface area contributed by atoms with Crippen molar-refractivity contribution in [1.29, 1.82) is 0 Å². The lowest BCUT2D eigenvalue weighted by Gasteiger charge is -2.22. The first-order valence-corrected chi connectivity index (χ1v) is 6.47. The first-order chi connectivity index (χ1) is 8.79. The van der Waals surface area contributed by atoms with E-state index >= 15 is 0 Å². The number of methoxy groups -OCH3 is 1. The summed E-state index contributed by atoms with van der Waals surface area (Å²) >= 11 is 0. The molecule has 1 unspecified atom stereocenters. The van der Waals surface area contributed by atoms with Crippen molar-refractivity contribution in [3.63, 3.8) is 0 Å². The van der Waals surface area contributed by atoms with Crippen LogP contribution in [0.25, 0.3) is 0 Å². The highest BCUT2D eigenvalue weighted by molar-refractivity contribution is 4.89. The second-order valence-electron chi connectivity index (χ2n) is 4.49. The van der Waals surface area contributed by atoms with Gasteiger partial charge in [0, 0.05) is 7.11 Å². The highest BCUT2D eigenvalue weighted by Crippen LogP contribution is 2.12. The number of aromatic nitrogens is 2. The summed E-state index contributed by atoms with van der Waals surface area (Å²) in [5.74, 6) is 1.21. The van der Waals surface area contributed by atoms with Crippen LogP contribution in [0.5, 0.6) is 0 Å². The number of nitrogens with one attached hydrogen (secondary N) is 1. The molecule has 6 heteroatoms. The molecule has 0 bridgehead atoms. The highest BCUT2D eigenvalue weighted by Gasteiger charge is 2.15. The number of hydrogen-bond donors (Lipinski definition) is 1. The predicted molar refractivity (Wildman–Crippen MR) is 65.3 cm³/mol. The van der Waals surface area contributed by atoms with Crippen LogP contribution < -0.4 is 5.32 Å². The molecule has 0 saturated carbocycles. The van der Waals surface area contributed by atoms with Gasteiger partial charge in [0.25, 0.3) is 0 Å². The summed E-state index contributed by atoms with van der Waals surface area (Å²) in [6.45, 7) is 4.61. The van der Waals surface area contributed by atoms with Gasteiger partial charge in [0.2, 0.25) is 5.89 Å². The van der Waals surface area contributed by atoms with E-state index in [-0.39, 0.29) is 6.10 Å². The third-order valence-corrected chi connectivity index (χ3v) is 3.16. The minimum Gasteiger partial charge on any atom is -0.378 e. The van der Waals surface area contributed by atoms with Crippen LogP contribution in [0.15, 0.2) is 4.52 Å². The van der Waals surface area contributed by atoms with E-state index < -0.39 is 0 Å². The molecule has 0 radical (unpaired) electrons. The Morgan fingerprint density at radius 2 is 2.22 bits per heavy atom. The fraction of sp³-hybridized carbons (Fsp3) is 0.833. The molecule has 1 saturated heterocycles. The summed E-state index contributed by atoms with van der Waals surface area (Å²) in [5.41, 5.74) is 0. The largest absolute Gasteiger partial charge is 0.378 e. The normalized spacial score (nSPS) is 19.0. The van der Waals surface area contributed by atoms with Crippen LogP contribution in [0.2, 0.25) is 0 Å². The number of piperidine rings is 1. The van der Waals surface area contributed by atoms with Crippen molar-refractivity contribution in [3.05, 3.63) is 11.7 Å². The number of hydrogen-bond acceptors (Lipinski definition) is 6. The van der Waals surface area contributed by atoms with Crippen LogP contribution >= 0.6 is 0 Å². The minimum atomic E-state index is -0.132. The Bertz CT molecular complexity index is 350. The zero-order valence-electron chi connectivity index (χ0n) is 11.0. The summed E-state index contributed by atoms with van der Waals surface area (Å²) in [5, 5.41) is 7.19. The fourth-order valence-electron chi connectivity index (χ4n) is 1.92. The van der Waals surface area contributed by atoms with Gasteiger partial charge in [-0.1, -0.05) is 5.16 Å². The van der Waals surface area contributed by atoms with Crippen molar-refractivity contribution in [2.24, 2.45) is 0 Å². The van der Waals surface area contributed by atoms with E-state index in [1.165, 1.54) is 0 Å². The molecule has 0 aromatic carbocycles. The van der Waals surface area contributed by atoms with E-state index in [9.17, 15) is 0 Å². The molecule has 1 aromatic heterocycles. The van der Waals surface area contributed by atoms with E-state index in [1.54, 1.807) is 7.11 Å². The molecule has 18 heavy (non-hydrogen) atoms. The molecular weight excluding hydrogens is 234 g/mol. The molecule has 6 nitrogen and oxygen atoms in total. The average Bonchev–Trinajstić information content (AvgIpc) is 2.88. The zero-order valence-corrected chi connectivity index (χ0v) is 11.0. The van der Waals surface area contributed by atoms with Gasteiger partial charge < -0.3 is 19.3 Å². The first kappa shape index (κ1) is 13.5. The van der Waals surface area contributed by atoms with Gasteiger partial charge in [-0.05, 0) is 32.9 Å². The summed E-state index contributed by atoms with van der Waals surface area (Å²) < 4.78 is 16.1. The van der Waals surface area contributed by atoms with E-state index in [2.05, 4.69) is 15.5 Å². The molecule has 1 fully saturated rings. The lowest BCUT2D eigenvalue weighted by Crippen LogP contribution is -2.32. The Kier molecular flexibility index (Phi) is 5.10. The first-order valence-electron chi connectivity index (χ1n) is 6.47. The van der Waals surface area contributed by atoms with Crippen LogP contribution in [-0.4, -0.2) is 43.1 Å². The monoisotopic (exact) mass is 255 g/mol. The lowest BCUT2D eigenvalue weighted by atomic mass is 10.1. The van der Waals surface area contributed by atoms with Crippen molar-refractivity contribution in [2.45, 2.75) is 38.4 Å². The van der Waals surface area contributed by atoms with E-state index in [4.69, 9.17) is 14.0 Å². The van der Waals surface area contributed by atoms with Crippen molar-refractivity contribution in [1.82, 2.24) is 15.5 Å². The maximum absolute atomic E-state index is 5.78. The maximum Gasteiger partial charge on any atom is 0.229 e. The van der Waals surface area contributed by atoms with Crippen LogP contribution in [0.4, 0.5) is 0 Å². The number of rotatable bonds is 6. The van der Waals surface area contributed by atoms with Gasteiger partial charge in [0.15, 0.2) is 5.82 Å². The molecule has 1 aliphatic rings.